The highest BCUT2D eigenvalue weighted by Gasteiger charge is 2.39. The highest BCUT2D eigenvalue weighted by atomic mass is 16.7. The van der Waals surface area contributed by atoms with Crippen LogP contribution in [-0.4, -0.2) is 60.4 Å². The molecule has 2 saturated heterocycles. The van der Waals surface area contributed by atoms with E-state index in [4.69, 9.17) is 9.47 Å². The van der Waals surface area contributed by atoms with Gasteiger partial charge in [-0.2, -0.15) is 0 Å². The Hall–Kier alpha value is -1.43. The molecule has 5 nitrogen and oxygen atoms in total. The highest BCUT2D eigenvalue weighted by Crippen LogP contribution is 2.27. The van der Waals surface area contributed by atoms with Crippen LogP contribution in [0.4, 0.5) is 0 Å². The second kappa shape index (κ2) is 7.44. The minimum absolute atomic E-state index is 0.0725. The van der Waals surface area contributed by atoms with Crippen molar-refractivity contribution < 1.29 is 14.3 Å². The number of hydrogen-bond acceptors (Lipinski definition) is 4. The fourth-order valence-corrected chi connectivity index (χ4v) is 4.36. The van der Waals surface area contributed by atoms with E-state index in [2.05, 4.69) is 36.1 Å². The van der Waals surface area contributed by atoms with Crippen molar-refractivity contribution in [1.29, 1.82) is 0 Å². The molecule has 2 atom stereocenters. The van der Waals surface area contributed by atoms with Crippen molar-refractivity contribution in [3.05, 3.63) is 35.4 Å². The summed E-state index contributed by atoms with van der Waals surface area (Å²) in [5, 5.41) is 0. The van der Waals surface area contributed by atoms with Gasteiger partial charge < -0.3 is 14.4 Å². The molecule has 1 aromatic carbocycles. The quantitative estimate of drug-likeness (QED) is 0.843. The van der Waals surface area contributed by atoms with Gasteiger partial charge in [0.1, 0.15) is 0 Å². The van der Waals surface area contributed by atoms with E-state index < -0.39 is 0 Å². The Labute approximate surface area is 149 Å². The van der Waals surface area contributed by atoms with Crippen LogP contribution in [0.5, 0.6) is 0 Å². The van der Waals surface area contributed by atoms with Crippen LogP contribution in [0.3, 0.4) is 0 Å². The molecule has 2 unspecified atom stereocenters. The van der Waals surface area contributed by atoms with Crippen molar-refractivity contribution in [2.75, 3.05) is 26.3 Å². The number of amides is 1. The number of rotatable bonds is 3. The molecule has 3 aliphatic rings. The van der Waals surface area contributed by atoms with Gasteiger partial charge in [0.05, 0.1) is 25.3 Å². The first-order chi connectivity index (χ1) is 12.2. The van der Waals surface area contributed by atoms with Gasteiger partial charge in [-0.25, -0.2) is 0 Å². The number of ether oxygens (including phenoxy) is 2. The third-order valence-corrected chi connectivity index (χ3v) is 5.86. The number of carbonyl (C=O) groups excluding carboxylic acids is 1. The standard InChI is InChI=1S/C20H28N2O3/c1-15(21-11-9-16-6-2-3-7-17(16)14-21)19(23)22-10-5-4-8-18(22)20-24-12-13-25-20/h2-3,6-7,15,18,20H,4-5,8-14H2,1H3. The maximum atomic E-state index is 13.2. The Kier molecular flexibility index (Phi) is 5.06. The number of hydrogen-bond donors (Lipinski definition) is 0. The average molecular weight is 344 g/mol. The molecule has 0 bridgehead atoms. The Bertz CT molecular complexity index is 615. The van der Waals surface area contributed by atoms with Crippen molar-refractivity contribution in [3.63, 3.8) is 0 Å². The van der Waals surface area contributed by atoms with E-state index in [1.807, 2.05) is 4.90 Å². The third-order valence-electron chi connectivity index (χ3n) is 5.86. The Morgan fingerprint density at radius 3 is 2.68 bits per heavy atom. The lowest BCUT2D eigenvalue weighted by atomic mass is 9.97. The van der Waals surface area contributed by atoms with Gasteiger partial charge in [0.25, 0.3) is 0 Å². The molecule has 0 aliphatic carbocycles. The summed E-state index contributed by atoms with van der Waals surface area (Å²) in [4.78, 5) is 17.6. The molecule has 136 valence electrons. The van der Waals surface area contributed by atoms with E-state index in [1.165, 1.54) is 11.1 Å². The lowest BCUT2D eigenvalue weighted by Crippen LogP contribution is -2.56. The van der Waals surface area contributed by atoms with Crippen LogP contribution >= 0.6 is 0 Å². The monoisotopic (exact) mass is 344 g/mol. The molecule has 1 amide bonds. The number of likely N-dealkylation sites (tertiary alicyclic amines) is 1. The smallest absolute Gasteiger partial charge is 0.240 e. The summed E-state index contributed by atoms with van der Waals surface area (Å²) in [5.74, 6) is 0.225. The third kappa shape index (κ3) is 3.46. The largest absolute Gasteiger partial charge is 0.348 e. The maximum Gasteiger partial charge on any atom is 0.240 e. The molecule has 3 aliphatic heterocycles. The van der Waals surface area contributed by atoms with Crippen LogP contribution in [0.1, 0.15) is 37.3 Å². The van der Waals surface area contributed by atoms with E-state index >= 15 is 0 Å². The lowest BCUT2D eigenvalue weighted by Gasteiger charge is -2.42. The lowest BCUT2D eigenvalue weighted by molar-refractivity contribution is -0.155. The summed E-state index contributed by atoms with van der Waals surface area (Å²) in [5.41, 5.74) is 2.77. The number of piperidine rings is 1. The van der Waals surface area contributed by atoms with Crippen LogP contribution in [-0.2, 0) is 27.2 Å². The van der Waals surface area contributed by atoms with Gasteiger partial charge >= 0.3 is 0 Å². The molecule has 4 rings (SSSR count). The zero-order chi connectivity index (χ0) is 17.2. The molecule has 0 saturated carbocycles. The van der Waals surface area contributed by atoms with Crippen molar-refractivity contribution in [1.82, 2.24) is 9.80 Å². The van der Waals surface area contributed by atoms with Crippen molar-refractivity contribution in [2.24, 2.45) is 0 Å². The van der Waals surface area contributed by atoms with Gasteiger partial charge in [0.15, 0.2) is 6.29 Å². The van der Waals surface area contributed by atoms with E-state index in [0.717, 1.165) is 45.3 Å². The molecule has 1 aromatic rings. The predicted octanol–water partition coefficient (Wildman–Crippen LogP) is 2.19. The van der Waals surface area contributed by atoms with Gasteiger partial charge in [-0.15, -0.1) is 0 Å². The summed E-state index contributed by atoms with van der Waals surface area (Å²) in [7, 11) is 0. The second-order valence-electron chi connectivity index (χ2n) is 7.37. The molecule has 3 heterocycles. The summed E-state index contributed by atoms with van der Waals surface area (Å²) in [6.07, 6.45) is 3.98. The molecule has 0 radical (unpaired) electrons. The molecular weight excluding hydrogens is 316 g/mol. The van der Waals surface area contributed by atoms with Crippen LogP contribution in [0, 0.1) is 0 Å². The molecule has 5 heteroatoms. The number of carbonyl (C=O) groups is 1. The van der Waals surface area contributed by atoms with Gasteiger partial charge in [-0.05, 0) is 43.7 Å². The molecule has 25 heavy (non-hydrogen) atoms. The van der Waals surface area contributed by atoms with Gasteiger partial charge in [-0.1, -0.05) is 24.3 Å². The zero-order valence-electron chi connectivity index (χ0n) is 15.0. The van der Waals surface area contributed by atoms with Crippen molar-refractivity contribution >= 4 is 5.91 Å². The van der Waals surface area contributed by atoms with E-state index in [1.54, 1.807) is 0 Å². The first-order valence-electron chi connectivity index (χ1n) is 9.58. The maximum absolute atomic E-state index is 13.2. The van der Waals surface area contributed by atoms with Crippen LogP contribution in [0.25, 0.3) is 0 Å². The normalized spacial score (nSPS) is 26.4. The molecule has 0 N–H and O–H groups in total. The van der Waals surface area contributed by atoms with Gasteiger partial charge in [0, 0.05) is 19.6 Å². The highest BCUT2D eigenvalue weighted by molar-refractivity contribution is 5.82. The van der Waals surface area contributed by atoms with E-state index in [0.29, 0.717) is 13.2 Å². The topological polar surface area (TPSA) is 42.0 Å². The Balaban J connectivity index is 1.45. The van der Waals surface area contributed by atoms with Crippen LogP contribution in [0.15, 0.2) is 24.3 Å². The van der Waals surface area contributed by atoms with E-state index in [-0.39, 0.29) is 24.3 Å². The van der Waals surface area contributed by atoms with Crippen LogP contribution in [0.2, 0.25) is 0 Å². The molecule has 0 aromatic heterocycles. The Morgan fingerprint density at radius 1 is 1.12 bits per heavy atom. The van der Waals surface area contributed by atoms with Crippen molar-refractivity contribution in [2.45, 2.75) is 57.5 Å². The van der Waals surface area contributed by atoms with Gasteiger partial charge in [-0.3, -0.25) is 9.69 Å². The SMILES string of the molecule is CC(C(=O)N1CCCCC1C1OCCO1)N1CCc2ccccc2C1. The molecular formula is C20H28N2O3. The number of benzene rings is 1. The van der Waals surface area contributed by atoms with Crippen molar-refractivity contribution in [3.8, 4) is 0 Å². The minimum atomic E-state index is -0.237. The number of fused-ring (bicyclic) bond motifs is 1. The fourth-order valence-electron chi connectivity index (χ4n) is 4.36. The zero-order valence-corrected chi connectivity index (χ0v) is 15.0. The molecule has 0 spiro atoms. The second-order valence-corrected chi connectivity index (χ2v) is 7.37. The summed E-state index contributed by atoms with van der Waals surface area (Å²) < 4.78 is 11.4. The Morgan fingerprint density at radius 2 is 1.88 bits per heavy atom. The van der Waals surface area contributed by atoms with E-state index in [9.17, 15) is 4.79 Å². The van der Waals surface area contributed by atoms with Gasteiger partial charge in [0.2, 0.25) is 5.91 Å². The summed E-state index contributed by atoms with van der Waals surface area (Å²) in [6, 6.07) is 8.54. The fraction of sp³-hybridized carbons (Fsp3) is 0.650. The molecule has 2 fully saturated rings. The predicted molar refractivity (Wildman–Crippen MR) is 95.1 cm³/mol. The minimum Gasteiger partial charge on any atom is -0.348 e. The van der Waals surface area contributed by atoms with Crippen LogP contribution < -0.4 is 0 Å². The summed E-state index contributed by atoms with van der Waals surface area (Å²) >= 11 is 0. The first kappa shape index (κ1) is 17.0. The average Bonchev–Trinajstić information content (AvgIpc) is 3.21. The summed E-state index contributed by atoms with van der Waals surface area (Å²) in [6.45, 7) is 5.96. The number of nitrogens with zero attached hydrogens (tertiary/aromatic N) is 2. The first-order valence-corrected chi connectivity index (χ1v) is 9.58.